The molecule has 21 heavy (non-hydrogen) atoms. The van der Waals surface area contributed by atoms with Crippen molar-refractivity contribution >= 4 is 41.5 Å². The summed E-state index contributed by atoms with van der Waals surface area (Å²) in [7, 11) is 3.76. The Bertz CT molecular complexity index is 555. The third-order valence-electron chi connectivity index (χ3n) is 2.91. The van der Waals surface area contributed by atoms with Gasteiger partial charge in [-0.2, -0.15) is 0 Å². The first-order valence-corrected chi connectivity index (χ1v) is 6.75. The minimum absolute atomic E-state index is 0. The Morgan fingerprint density at radius 3 is 2.57 bits per heavy atom. The van der Waals surface area contributed by atoms with Crippen molar-refractivity contribution in [1.82, 2.24) is 10.2 Å². The van der Waals surface area contributed by atoms with E-state index in [0.717, 1.165) is 23.3 Å². The summed E-state index contributed by atoms with van der Waals surface area (Å²) in [4.78, 5) is 6.31. The number of aliphatic imine (C=N–C) groups is 1. The highest BCUT2D eigenvalue weighted by molar-refractivity contribution is 14.0. The zero-order valence-corrected chi connectivity index (χ0v) is 15.1. The first kappa shape index (κ1) is 17.8. The van der Waals surface area contributed by atoms with Gasteiger partial charge in [-0.25, -0.2) is 0 Å². The van der Waals surface area contributed by atoms with Gasteiger partial charge in [0.15, 0.2) is 5.96 Å². The van der Waals surface area contributed by atoms with Crippen LogP contribution in [0.15, 0.2) is 52.1 Å². The minimum atomic E-state index is 0. The molecule has 6 heteroatoms. The van der Waals surface area contributed by atoms with E-state index in [9.17, 15) is 0 Å². The van der Waals surface area contributed by atoms with Gasteiger partial charge in [0, 0.05) is 25.7 Å². The van der Waals surface area contributed by atoms with Gasteiger partial charge in [-0.1, -0.05) is 23.7 Å². The molecule has 0 fully saturated rings. The number of hydrogen-bond donors (Lipinski definition) is 1. The van der Waals surface area contributed by atoms with E-state index in [2.05, 4.69) is 10.3 Å². The molecule has 2 aromatic rings. The Morgan fingerprint density at radius 1 is 1.29 bits per heavy atom. The van der Waals surface area contributed by atoms with Gasteiger partial charge in [0.25, 0.3) is 0 Å². The van der Waals surface area contributed by atoms with Crippen molar-refractivity contribution in [2.24, 2.45) is 4.99 Å². The predicted molar refractivity (Wildman–Crippen MR) is 97.2 cm³/mol. The molecule has 4 nitrogen and oxygen atoms in total. The van der Waals surface area contributed by atoms with Gasteiger partial charge in [-0.3, -0.25) is 4.99 Å². The van der Waals surface area contributed by atoms with Crippen LogP contribution in [0.3, 0.4) is 0 Å². The predicted octanol–water partition coefficient (Wildman–Crippen LogP) is 3.76. The number of nitrogens with one attached hydrogen (secondary N) is 1. The fourth-order valence-electron chi connectivity index (χ4n) is 1.90. The highest BCUT2D eigenvalue weighted by Crippen LogP contribution is 2.11. The maximum absolute atomic E-state index is 5.88. The molecule has 1 aromatic carbocycles. The minimum Gasteiger partial charge on any atom is -0.467 e. The van der Waals surface area contributed by atoms with E-state index < -0.39 is 0 Å². The monoisotopic (exact) mass is 419 g/mol. The summed E-state index contributed by atoms with van der Waals surface area (Å²) < 4.78 is 5.29. The molecule has 0 spiro atoms. The van der Waals surface area contributed by atoms with Gasteiger partial charge in [-0.15, -0.1) is 24.0 Å². The Balaban J connectivity index is 0.00000220. The lowest BCUT2D eigenvalue weighted by Crippen LogP contribution is -2.37. The third-order valence-corrected chi connectivity index (χ3v) is 3.16. The molecule has 114 valence electrons. The lowest BCUT2D eigenvalue weighted by Gasteiger charge is -2.21. The van der Waals surface area contributed by atoms with E-state index in [1.54, 1.807) is 13.3 Å². The van der Waals surface area contributed by atoms with Crippen molar-refractivity contribution in [2.45, 2.75) is 13.1 Å². The van der Waals surface area contributed by atoms with Crippen LogP contribution in [0.4, 0.5) is 0 Å². The second-order valence-corrected chi connectivity index (χ2v) is 4.90. The quantitative estimate of drug-likeness (QED) is 0.466. The van der Waals surface area contributed by atoms with Gasteiger partial charge in [0.1, 0.15) is 5.76 Å². The van der Waals surface area contributed by atoms with Crippen LogP contribution >= 0.6 is 35.6 Å². The van der Waals surface area contributed by atoms with Crippen LogP contribution in [0.2, 0.25) is 5.02 Å². The van der Waals surface area contributed by atoms with Gasteiger partial charge in [-0.05, 0) is 29.8 Å². The van der Waals surface area contributed by atoms with Crippen molar-refractivity contribution in [3.05, 3.63) is 59.0 Å². The Hall–Kier alpha value is -1.21. The van der Waals surface area contributed by atoms with E-state index >= 15 is 0 Å². The Kier molecular flexibility index (Phi) is 7.60. The maximum Gasteiger partial charge on any atom is 0.194 e. The van der Waals surface area contributed by atoms with Crippen LogP contribution in [0, 0.1) is 0 Å². The molecule has 2 rings (SSSR count). The van der Waals surface area contributed by atoms with Gasteiger partial charge in [0.05, 0.1) is 12.8 Å². The molecular formula is C15H19ClIN3O. The number of hydrogen-bond acceptors (Lipinski definition) is 2. The van der Waals surface area contributed by atoms with E-state index in [1.807, 2.05) is 48.3 Å². The topological polar surface area (TPSA) is 40.8 Å². The molecule has 0 atom stereocenters. The van der Waals surface area contributed by atoms with Gasteiger partial charge in [0.2, 0.25) is 0 Å². The number of nitrogens with zero attached hydrogens (tertiary/aromatic N) is 2. The molecule has 1 N–H and O–H groups in total. The number of halogens is 2. The van der Waals surface area contributed by atoms with E-state index in [0.29, 0.717) is 6.54 Å². The molecule has 1 heterocycles. The Morgan fingerprint density at radius 2 is 2.00 bits per heavy atom. The first-order valence-electron chi connectivity index (χ1n) is 6.37. The normalized spacial score (nSPS) is 10.9. The molecule has 0 unspecified atom stereocenters. The number of guanidine groups is 1. The maximum atomic E-state index is 5.88. The molecular weight excluding hydrogens is 401 g/mol. The molecule has 0 aliphatic heterocycles. The number of benzene rings is 1. The summed E-state index contributed by atoms with van der Waals surface area (Å²) >= 11 is 5.88. The van der Waals surface area contributed by atoms with Crippen molar-refractivity contribution < 1.29 is 4.42 Å². The highest BCUT2D eigenvalue weighted by atomic mass is 127. The lowest BCUT2D eigenvalue weighted by atomic mass is 10.2. The van der Waals surface area contributed by atoms with Gasteiger partial charge < -0.3 is 14.6 Å². The smallest absolute Gasteiger partial charge is 0.194 e. The lowest BCUT2D eigenvalue weighted by molar-refractivity contribution is 0.459. The van der Waals surface area contributed by atoms with Crippen LogP contribution in [-0.4, -0.2) is 25.0 Å². The van der Waals surface area contributed by atoms with Gasteiger partial charge >= 0.3 is 0 Å². The van der Waals surface area contributed by atoms with E-state index in [-0.39, 0.29) is 24.0 Å². The SMILES string of the molecule is CN=C(NCc1ccco1)N(C)Cc1ccc(Cl)cc1.I. The molecule has 0 aliphatic rings. The van der Waals surface area contributed by atoms with Crippen molar-refractivity contribution in [1.29, 1.82) is 0 Å². The fourth-order valence-corrected chi connectivity index (χ4v) is 2.03. The molecule has 0 saturated heterocycles. The molecule has 1 aromatic heterocycles. The summed E-state index contributed by atoms with van der Waals surface area (Å²) in [6.45, 7) is 1.37. The molecule has 0 amide bonds. The molecule has 0 aliphatic carbocycles. The zero-order valence-electron chi connectivity index (χ0n) is 12.0. The van der Waals surface area contributed by atoms with E-state index in [1.165, 1.54) is 5.56 Å². The average molecular weight is 420 g/mol. The summed E-state index contributed by atoms with van der Waals surface area (Å²) in [5, 5.41) is 4.01. The molecule has 0 saturated carbocycles. The summed E-state index contributed by atoms with van der Waals surface area (Å²) in [6, 6.07) is 11.6. The highest BCUT2D eigenvalue weighted by Gasteiger charge is 2.07. The largest absolute Gasteiger partial charge is 0.467 e. The molecule has 0 bridgehead atoms. The standard InChI is InChI=1S/C15H18ClN3O.HI/c1-17-15(18-10-14-4-3-9-20-14)19(2)11-12-5-7-13(16)8-6-12;/h3-9H,10-11H2,1-2H3,(H,17,18);1H. The first-order chi connectivity index (χ1) is 9.69. The van der Waals surface area contributed by atoms with Crippen molar-refractivity contribution in [3.63, 3.8) is 0 Å². The fraction of sp³-hybridized carbons (Fsp3) is 0.267. The zero-order chi connectivity index (χ0) is 14.4. The van der Waals surface area contributed by atoms with Crippen LogP contribution in [-0.2, 0) is 13.1 Å². The van der Waals surface area contributed by atoms with Crippen LogP contribution in [0.1, 0.15) is 11.3 Å². The van der Waals surface area contributed by atoms with Crippen LogP contribution in [0.25, 0.3) is 0 Å². The van der Waals surface area contributed by atoms with Crippen molar-refractivity contribution in [2.75, 3.05) is 14.1 Å². The molecule has 0 radical (unpaired) electrons. The average Bonchev–Trinajstić information content (AvgIpc) is 2.95. The second kappa shape index (κ2) is 8.94. The van der Waals surface area contributed by atoms with Crippen LogP contribution < -0.4 is 5.32 Å². The third kappa shape index (κ3) is 5.59. The van der Waals surface area contributed by atoms with Crippen molar-refractivity contribution in [3.8, 4) is 0 Å². The number of furan rings is 1. The second-order valence-electron chi connectivity index (χ2n) is 4.46. The summed E-state index contributed by atoms with van der Waals surface area (Å²) in [6.07, 6.45) is 1.66. The van der Waals surface area contributed by atoms with E-state index in [4.69, 9.17) is 16.0 Å². The summed E-state index contributed by atoms with van der Waals surface area (Å²) in [5.74, 6) is 1.70. The van der Waals surface area contributed by atoms with Crippen LogP contribution in [0.5, 0.6) is 0 Å². The summed E-state index contributed by atoms with van der Waals surface area (Å²) in [5.41, 5.74) is 1.18. The Labute approximate surface area is 147 Å². The number of rotatable bonds is 4.